The first-order valence-electron chi connectivity index (χ1n) is 4.51. The molecule has 0 N–H and O–H groups in total. The topological polar surface area (TPSA) is 17.1 Å². The molecule has 13 heavy (non-hydrogen) atoms. The Morgan fingerprint density at radius 2 is 2.15 bits per heavy atom. The summed E-state index contributed by atoms with van der Waals surface area (Å²) in [4.78, 5) is 11.4. The van der Waals surface area contributed by atoms with E-state index in [1.54, 1.807) is 6.07 Å². The molecule has 0 aliphatic heterocycles. The Hall–Kier alpha value is -1.37. The number of hydrogen-bond donors (Lipinski definition) is 0. The highest BCUT2D eigenvalue weighted by Crippen LogP contribution is 1.99. The summed E-state index contributed by atoms with van der Waals surface area (Å²) in [6.45, 7) is 3.90. The number of hydrogen-bond acceptors (Lipinski definition) is 1. The molecule has 0 spiro atoms. The largest absolute Gasteiger partial charge is 0.290 e. The van der Waals surface area contributed by atoms with Crippen LogP contribution in [0.1, 0.15) is 24.5 Å². The Kier molecular flexibility index (Phi) is 3.44. The number of aryl methyl sites for hydroxylation is 1. The van der Waals surface area contributed by atoms with Gasteiger partial charge in [-0.3, -0.25) is 4.79 Å². The van der Waals surface area contributed by atoms with Crippen molar-refractivity contribution in [2.24, 2.45) is 0 Å². The van der Waals surface area contributed by atoms with Crippen LogP contribution in [-0.4, -0.2) is 0 Å². The maximum absolute atomic E-state index is 11.4. The molecule has 0 radical (unpaired) electrons. The van der Waals surface area contributed by atoms with E-state index < -0.39 is 0 Å². The zero-order valence-corrected chi connectivity index (χ0v) is 8.08. The lowest BCUT2D eigenvalue weighted by Gasteiger charge is -1.83. The fourth-order valence-corrected chi connectivity index (χ4v) is 1.06. The van der Waals surface area contributed by atoms with E-state index in [1.165, 1.54) is 0 Å². The van der Waals surface area contributed by atoms with E-state index in [-0.39, 0.29) is 5.43 Å². The smallest absolute Gasteiger partial charge is 0.182 e. The van der Waals surface area contributed by atoms with Crippen molar-refractivity contribution in [3.63, 3.8) is 0 Å². The first-order valence-corrected chi connectivity index (χ1v) is 4.51. The van der Waals surface area contributed by atoms with Gasteiger partial charge in [0.05, 0.1) is 0 Å². The van der Waals surface area contributed by atoms with Crippen LogP contribution in [0, 0.1) is 6.92 Å². The Labute approximate surface area is 78.7 Å². The third kappa shape index (κ3) is 2.86. The molecule has 68 valence electrons. The van der Waals surface area contributed by atoms with Crippen molar-refractivity contribution in [1.29, 1.82) is 0 Å². The van der Waals surface area contributed by atoms with Crippen LogP contribution in [0.4, 0.5) is 0 Å². The van der Waals surface area contributed by atoms with Crippen LogP contribution in [0.15, 0.2) is 35.1 Å². The summed E-state index contributed by atoms with van der Waals surface area (Å²) in [6, 6.07) is 7.36. The molecule has 1 aromatic carbocycles. The van der Waals surface area contributed by atoms with Gasteiger partial charge in [-0.15, -0.1) is 0 Å². The molecular formula is C12H14O. The minimum absolute atomic E-state index is 0.0979. The summed E-state index contributed by atoms with van der Waals surface area (Å²) < 4.78 is 0. The molecule has 1 rings (SSSR count). The molecule has 0 atom stereocenters. The van der Waals surface area contributed by atoms with Crippen LogP contribution in [0.2, 0.25) is 0 Å². The molecule has 1 heteroatoms. The number of rotatable bonds is 2. The zero-order chi connectivity index (χ0) is 9.68. The summed E-state index contributed by atoms with van der Waals surface area (Å²) in [5, 5.41) is 0. The SMILES string of the molecule is CC/C=C/c1cccc(C)c(=O)c1. The minimum atomic E-state index is 0.0979. The Morgan fingerprint density at radius 1 is 1.38 bits per heavy atom. The van der Waals surface area contributed by atoms with Crippen LogP contribution in [0.5, 0.6) is 0 Å². The van der Waals surface area contributed by atoms with Gasteiger partial charge in [-0.05, 0) is 30.5 Å². The zero-order valence-electron chi connectivity index (χ0n) is 8.08. The fraction of sp³-hybridized carbons (Fsp3) is 0.250. The minimum Gasteiger partial charge on any atom is -0.290 e. The van der Waals surface area contributed by atoms with Crippen molar-refractivity contribution in [3.05, 3.63) is 51.7 Å². The van der Waals surface area contributed by atoms with Crippen LogP contribution >= 0.6 is 0 Å². The fourth-order valence-electron chi connectivity index (χ4n) is 1.06. The van der Waals surface area contributed by atoms with Gasteiger partial charge < -0.3 is 0 Å². The predicted molar refractivity (Wildman–Crippen MR) is 56.8 cm³/mol. The van der Waals surface area contributed by atoms with Crippen molar-refractivity contribution < 1.29 is 0 Å². The van der Waals surface area contributed by atoms with E-state index in [1.807, 2.05) is 37.3 Å². The molecular weight excluding hydrogens is 160 g/mol. The molecule has 1 nitrogen and oxygen atoms in total. The van der Waals surface area contributed by atoms with Gasteiger partial charge in [-0.25, -0.2) is 0 Å². The highest BCUT2D eigenvalue weighted by atomic mass is 16.1. The quantitative estimate of drug-likeness (QED) is 0.673. The van der Waals surface area contributed by atoms with Crippen molar-refractivity contribution >= 4 is 6.08 Å². The van der Waals surface area contributed by atoms with Crippen molar-refractivity contribution in [1.82, 2.24) is 0 Å². The highest BCUT2D eigenvalue weighted by Gasteiger charge is 1.89. The summed E-state index contributed by atoms with van der Waals surface area (Å²) in [6.07, 6.45) is 5.01. The van der Waals surface area contributed by atoms with Gasteiger partial charge in [-0.2, -0.15) is 0 Å². The van der Waals surface area contributed by atoms with Gasteiger partial charge in [0.2, 0.25) is 0 Å². The predicted octanol–water partition coefficient (Wildman–Crippen LogP) is 2.78. The highest BCUT2D eigenvalue weighted by molar-refractivity contribution is 5.48. The van der Waals surface area contributed by atoms with Crippen molar-refractivity contribution in [2.75, 3.05) is 0 Å². The first-order chi connectivity index (χ1) is 6.24. The molecule has 0 fully saturated rings. The molecule has 0 aromatic heterocycles. The first kappa shape index (κ1) is 9.72. The molecule has 0 saturated heterocycles. The lowest BCUT2D eigenvalue weighted by atomic mass is 10.2. The molecule has 0 unspecified atom stereocenters. The van der Waals surface area contributed by atoms with E-state index in [4.69, 9.17) is 0 Å². The summed E-state index contributed by atoms with van der Waals surface area (Å²) in [5.41, 5.74) is 1.86. The van der Waals surface area contributed by atoms with Crippen LogP contribution in [0.25, 0.3) is 6.08 Å². The van der Waals surface area contributed by atoms with Crippen molar-refractivity contribution in [3.8, 4) is 0 Å². The van der Waals surface area contributed by atoms with E-state index in [9.17, 15) is 4.79 Å². The second-order valence-corrected chi connectivity index (χ2v) is 3.03. The monoisotopic (exact) mass is 174 g/mol. The lowest BCUT2D eigenvalue weighted by molar-refractivity contribution is 1.23. The van der Waals surface area contributed by atoms with Gasteiger partial charge >= 0.3 is 0 Å². The van der Waals surface area contributed by atoms with Crippen LogP contribution in [-0.2, 0) is 0 Å². The maximum atomic E-state index is 11.4. The van der Waals surface area contributed by atoms with Crippen molar-refractivity contribution in [2.45, 2.75) is 20.3 Å². The van der Waals surface area contributed by atoms with Gasteiger partial charge in [0.15, 0.2) is 5.43 Å². The molecule has 0 bridgehead atoms. The number of allylic oxidation sites excluding steroid dienone is 1. The van der Waals surface area contributed by atoms with Gasteiger partial charge in [0.25, 0.3) is 0 Å². The van der Waals surface area contributed by atoms with E-state index >= 15 is 0 Å². The summed E-state index contributed by atoms with van der Waals surface area (Å²) in [7, 11) is 0. The van der Waals surface area contributed by atoms with Gasteiger partial charge in [-0.1, -0.05) is 37.3 Å². The third-order valence-electron chi connectivity index (χ3n) is 1.87. The Balaban J connectivity index is 3.14. The third-order valence-corrected chi connectivity index (χ3v) is 1.87. The van der Waals surface area contributed by atoms with E-state index in [0.29, 0.717) is 0 Å². The lowest BCUT2D eigenvalue weighted by Crippen LogP contribution is -1.98. The molecule has 0 aliphatic carbocycles. The van der Waals surface area contributed by atoms with Gasteiger partial charge in [0, 0.05) is 0 Å². The van der Waals surface area contributed by atoms with Crippen LogP contribution in [0.3, 0.4) is 0 Å². The van der Waals surface area contributed by atoms with Crippen LogP contribution < -0.4 is 5.43 Å². The van der Waals surface area contributed by atoms with Gasteiger partial charge in [0.1, 0.15) is 0 Å². The second kappa shape index (κ2) is 4.61. The molecule has 0 aliphatic rings. The Morgan fingerprint density at radius 3 is 2.85 bits per heavy atom. The normalized spacial score (nSPS) is 10.6. The Bertz CT molecular complexity index is 364. The summed E-state index contributed by atoms with van der Waals surface area (Å²) in [5.74, 6) is 0. The summed E-state index contributed by atoms with van der Waals surface area (Å²) >= 11 is 0. The average molecular weight is 174 g/mol. The van der Waals surface area contributed by atoms with E-state index in [0.717, 1.165) is 17.5 Å². The molecule has 0 saturated carbocycles. The second-order valence-electron chi connectivity index (χ2n) is 3.03. The molecule has 1 aromatic rings. The standard InChI is InChI=1S/C12H14O/c1-3-4-7-11-8-5-6-10(2)12(13)9-11/h4-9H,3H2,1-2H3/b7-4+. The average Bonchev–Trinajstić information content (AvgIpc) is 2.26. The van der Waals surface area contributed by atoms with E-state index in [2.05, 4.69) is 6.92 Å². The molecule has 0 amide bonds. The molecule has 0 heterocycles. The maximum Gasteiger partial charge on any atom is 0.182 e.